The van der Waals surface area contributed by atoms with Crippen molar-refractivity contribution in [2.75, 3.05) is 6.54 Å². The van der Waals surface area contributed by atoms with Crippen molar-refractivity contribution in [1.29, 1.82) is 0 Å². The average molecular weight is 270 g/mol. The fourth-order valence-corrected chi connectivity index (χ4v) is 2.77. The van der Waals surface area contributed by atoms with Gasteiger partial charge in [0.15, 0.2) is 0 Å². The number of nitrogens with one attached hydrogen (secondary N) is 1. The molecule has 1 aromatic heterocycles. The second kappa shape index (κ2) is 5.63. The van der Waals surface area contributed by atoms with Gasteiger partial charge < -0.3 is 5.32 Å². The van der Waals surface area contributed by atoms with E-state index in [1.165, 1.54) is 6.07 Å². The molecule has 0 bridgehead atoms. The van der Waals surface area contributed by atoms with E-state index in [-0.39, 0.29) is 11.9 Å². The number of thiophene rings is 1. The summed E-state index contributed by atoms with van der Waals surface area (Å²) < 4.78 is 13.9. The van der Waals surface area contributed by atoms with Gasteiger partial charge in [-0.2, -0.15) is 11.3 Å². The highest BCUT2D eigenvalue weighted by Crippen LogP contribution is 2.31. The van der Waals surface area contributed by atoms with Crippen LogP contribution in [0.3, 0.4) is 0 Å². The molecule has 1 atom stereocenters. The molecule has 1 aromatic carbocycles. The maximum Gasteiger partial charge on any atom is 0.129 e. The fraction of sp³-hybridized carbons (Fsp3) is 0.231. The van der Waals surface area contributed by atoms with E-state index < -0.39 is 0 Å². The monoisotopic (exact) mass is 269 g/mol. The molecule has 0 saturated heterocycles. The maximum atomic E-state index is 13.9. The summed E-state index contributed by atoms with van der Waals surface area (Å²) in [5.41, 5.74) is 1.57. The van der Waals surface area contributed by atoms with E-state index in [4.69, 9.17) is 11.6 Å². The second-order valence-corrected chi connectivity index (χ2v) is 4.87. The van der Waals surface area contributed by atoms with Gasteiger partial charge in [-0.05, 0) is 41.1 Å². The Kier molecular flexibility index (Phi) is 4.15. The number of hydrogen-bond donors (Lipinski definition) is 1. The van der Waals surface area contributed by atoms with Crippen LogP contribution in [0.4, 0.5) is 4.39 Å². The zero-order valence-electron chi connectivity index (χ0n) is 9.41. The molecule has 2 aromatic rings. The van der Waals surface area contributed by atoms with Crippen LogP contribution in [0.5, 0.6) is 0 Å². The van der Waals surface area contributed by atoms with E-state index in [2.05, 4.69) is 5.32 Å². The van der Waals surface area contributed by atoms with Crippen LogP contribution in [0.25, 0.3) is 0 Å². The number of hydrogen-bond acceptors (Lipinski definition) is 2. The van der Waals surface area contributed by atoms with Crippen LogP contribution in [0.1, 0.15) is 24.1 Å². The molecular formula is C13H13ClFNS. The Bertz CT molecular complexity index is 464. The summed E-state index contributed by atoms with van der Waals surface area (Å²) in [6.07, 6.45) is 0. The molecule has 1 unspecified atom stereocenters. The molecule has 0 radical (unpaired) electrons. The lowest BCUT2D eigenvalue weighted by Crippen LogP contribution is -2.22. The molecule has 2 rings (SSSR count). The average Bonchev–Trinajstić information content (AvgIpc) is 2.80. The first-order chi connectivity index (χ1) is 8.24. The van der Waals surface area contributed by atoms with Crippen LogP contribution in [0.2, 0.25) is 5.02 Å². The highest BCUT2D eigenvalue weighted by Gasteiger charge is 2.20. The van der Waals surface area contributed by atoms with E-state index >= 15 is 0 Å². The van der Waals surface area contributed by atoms with Crippen LogP contribution in [0, 0.1) is 5.82 Å². The summed E-state index contributed by atoms with van der Waals surface area (Å²) in [6.45, 7) is 2.75. The maximum absolute atomic E-state index is 13.9. The van der Waals surface area contributed by atoms with E-state index in [1.807, 2.05) is 23.8 Å². The van der Waals surface area contributed by atoms with Gasteiger partial charge in [-0.25, -0.2) is 4.39 Å². The Morgan fingerprint density at radius 2 is 2.24 bits per heavy atom. The second-order valence-electron chi connectivity index (χ2n) is 3.68. The molecule has 90 valence electrons. The third kappa shape index (κ3) is 2.68. The molecule has 1 nitrogen and oxygen atoms in total. The molecule has 1 N–H and O–H groups in total. The zero-order chi connectivity index (χ0) is 12.3. The standard InChI is InChI=1S/C13H13ClFNS/c1-2-16-13(9-6-7-17-8-9)12-10(14)4-3-5-11(12)15/h3-8,13,16H,2H2,1H3. The van der Waals surface area contributed by atoms with Crippen molar-refractivity contribution < 1.29 is 4.39 Å². The Labute approximate surface area is 109 Å². The molecule has 0 aliphatic rings. The van der Waals surface area contributed by atoms with Crippen LogP contribution in [-0.4, -0.2) is 6.54 Å². The van der Waals surface area contributed by atoms with Crippen LogP contribution >= 0.6 is 22.9 Å². The number of benzene rings is 1. The fourth-order valence-electron chi connectivity index (χ4n) is 1.82. The van der Waals surface area contributed by atoms with Gasteiger partial charge in [-0.15, -0.1) is 0 Å². The highest BCUT2D eigenvalue weighted by molar-refractivity contribution is 7.08. The molecule has 0 saturated carbocycles. The number of halogens is 2. The Morgan fingerprint density at radius 3 is 2.82 bits per heavy atom. The Balaban J connectivity index is 2.46. The lowest BCUT2D eigenvalue weighted by atomic mass is 10.0. The first-order valence-corrected chi connectivity index (χ1v) is 6.75. The summed E-state index contributed by atoms with van der Waals surface area (Å²) in [5.74, 6) is -0.269. The molecule has 0 aliphatic heterocycles. The predicted octanol–water partition coefficient (Wildman–Crippen LogP) is 4.24. The molecule has 0 spiro atoms. The van der Waals surface area contributed by atoms with Gasteiger partial charge in [0, 0.05) is 10.6 Å². The summed E-state index contributed by atoms with van der Waals surface area (Å²) in [5, 5.41) is 7.72. The van der Waals surface area contributed by atoms with Crippen LogP contribution in [-0.2, 0) is 0 Å². The normalized spacial score (nSPS) is 12.6. The lowest BCUT2D eigenvalue weighted by molar-refractivity contribution is 0.560. The number of rotatable bonds is 4. The Morgan fingerprint density at radius 1 is 1.41 bits per heavy atom. The van der Waals surface area contributed by atoms with Crippen molar-refractivity contribution in [3.63, 3.8) is 0 Å². The van der Waals surface area contributed by atoms with Crippen molar-refractivity contribution in [3.05, 3.63) is 57.0 Å². The van der Waals surface area contributed by atoms with Gasteiger partial charge in [0.25, 0.3) is 0 Å². The molecular weight excluding hydrogens is 257 g/mol. The summed E-state index contributed by atoms with van der Waals surface area (Å²) in [6, 6.07) is 6.59. The van der Waals surface area contributed by atoms with Gasteiger partial charge in [0.1, 0.15) is 5.82 Å². The Hall–Kier alpha value is -0.900. The summed E-state index contributed by atoms with van der Waals surface area (Å²) in [7, 11) is 0. The largest absolute Gasteiger partial charge is 0.306 e. The topological polar surface area (TPSA) is 12.0 Å². The van der Waals surface area contributed by atoms with Gasteiger partial charge >= 0.3 is 0 Å². The van der Waals surface area contributed by atoms with Crippen molar-refractivity contribution in [2.24, 2.45) is 0 Å². The van der Waals surface area contributed by atoms with E-state index in [9.17, 15) is 4.39 Å². The minimum atomic E-state index is -0.269. The summed E-state index contributed by atoms with van der Waals surface area (Å²) in [4.78, 5) is 0. The molecule has 0 aliphatic carbocycles. The molecule has 0 fully saturated rings. The predicted molar refractivity (Wildman–Crippen MR) is 71.2 cm³/mol. The quantitative estimate of drug-likeness (QED) is 0.875. The minimum Gasteiger partial charge on any atom is -0.306 e. The van der Waals surface area contributed by atoms with Crippen molar-refractivity contribution in [3.8, 4) is 0 Å². The van der Waals surface area contributed by atoms with Gasteiger partial charge in [-0.3, -0.25) is 0 Å². The summed E-state index contributed by atoms with van der Waals surface area (Å²) >= 11 is 7.69. The molecule has 4 heteroatoms. The van der Waals surface area contributed by atoms with Crippen LogP contribution < -0.4 is 5.32 Å². The first kappa shape index (κ1) is 12.6. The SMILES string of the molecule is CCNC(c1ccsc1)c1c(F)cccc1Cl. The van der Waals surface area contributed by atoms with E-state index in [1.54, 1.807) is 23.5 Å². The lowest BCUT2D eigenvalue weighted by Gasteiger charge is -2.19. The smallest absolute Gasteiger partial charge is 0.129 e. The minimum absolute atomic E-state index is 0.181. The van der Waals surface area contributed by atoms with Gasteiger partial charge in [-0.1, -0.05) is 24.6 Å². The molecule has 17 heavy (non-hydrogen) atoms. The van der Waals surface area contributed by atoms with Gasteiger partial charge in [0.05, 0.1) is 6.04 Å². The molecule has 0 amide bonds. The van der Waals surface area contributed by atoms with Crippen molar-refractivity contribution >= 4 is 22.9 Å². The van der Waals surface area contributed by atoms with Crippen molar-refractivity contribution in [2.45, 2.75) is 13.0 Å². The third-order valence-corrected chi connectivity index (χ3v) is 3.60. The van der Waals surface area contributed by atoms with Crippen molar-refractivity contribution in [1.82, 2.24) is 5.32 Å². The third-order valence-electron chi connectivity index (χ3n) is 2.57. The molecule has 1 heterocycles. The zero-order valence-corrected chi connectivity index (χ0v) is 11.0. The highest BCUT2D eigenvalue weighted by atomic mass is 35.5. The van der Waals surface area contributed by atoms with E-state index in [0.717, 1.165) is 12.1 Å². The van der Waals surface area contributed by atoms with E-state index in [0.29, 0.717) is 10.6 Å². The van der Waals surface area contributed by atoms with Gasteiger partial charge in [0.2, 0.25) is 0 Å². The first-order valence-electron chi connectivity index (χ1n) is 5.43. The van der Waals surface area contributed by atoms with Crippen LogP contribution in [0.15, 0.2) is 35.0 Å².